The molecule has 2 N–H and O–H groups in total. The molecule has 0 fully saturated rings. The molecule has 1 aromatic heterocycles. The van der Waals surface area contributed by atoms with Crippen molar-refractivity contribution >= 4 is 23.2 Å². The molecule has 0 saturated heterocycles. The Bertz CT molecular complexity index is 904. The van der Waals surface area contributed by atoms with Crippen molar-refractivity contribution in [2.75, 3.05) is 10.6 Å². The van der Waals surface area contributed by atoms with Gasteiger partial charge in [-0.2, -0.15) is 10.4 Å². The molecule has 0 saturated carbocycles. The van der Waals surface area contributed by atoms with Crippen LogP contribution in [0.1, 0.15) is 36.0 Å². The summed E-state index contributed by atoms with van der Waals surface area (Å²) < 4.78 is 1.90. The number of benzene rings is 1. The van der Waals surface area contributed by atoms with E-state index >= 15 is 0 Å². The Morgan fingerprint density at radius 1 is 1.42 bits per heavy atom. The maximum Gasteiger partial charge on any atom is 0.239 e. The van der Waals surface area contributed by atoms with Crippen LogP contribution in [0.5, 0.6) is 0 Å². The number of aromatic nitrogens is 2. The van der Waals surface area contributed by atoms with Crippen molar-refractivity contribution < 1.29 is 4.79 Å². The molecule has 1 atom stereocenters. The van der Waals surface area contributed by atoms with Crippen LogP contribution in [0.15, 0.2) is 29.4 Å². The first-order valence-corrected chi connectivity index (χ1v) is 7.92. The number of hydrogen-bond acceptors (Lipinski definition) is 5. The zero-order valence-electron chi connectivity index (χ0n) is 13.2. The highest BCUT2D eigenvalue weighted by atomic mass is 16.2. The number of fused-ring (bicyclic) bond motifs is 2. The number of aliphatic imine (C=N–C) groups is 1. The molecule has 0 radical (unpaired) electrons. The molecule has 7 nitrogen and oxygen atoms in total. The SMILES string of the molecule is CCCn1cc2c(n1)NC(C1C(=O)Nc3ccc(C#N)cc31)=NC2. The number of amides is 1. The number of amidine groups is 1. The summed E-state index contributed by atoms with van der Waals surface area (Å²) in [6, 6.07) is 7.31. The van der Waals surface area contributed by atoms with Crippen molar-refractivity contribution in [2.24, 2.45) is 4.99 Å². The zero-order chi connectivity index (χ0) is 16.7. The highest BCUT2D eigenvalue weighted by Gasteiger charge is 2.36. The molecular weight excluding hydrogens is 304 g/mol. The van der Waals surface area contributed by atoms with Gasteiger partial charge in [0.2, 0.25) is 5.91 Å². The molecule has 2 aromatic rings. The maximum absolute atomic E-state index is 12.4. The lowest BCUT2D eigenvalue weighted by atomic mass is 9.97. The Hall–Kier alpha value is -3.14. The Morgan fingerprint density at radius 3 is 3.08 bits per heavy atom. The molecule has 2 aliphatic rings. The van der Waals surface area contributed by atoms with Crippen LogP contribution in [-0.4, -0.2) is 21.5 Å². The highest BCUT2D eigenvalue weighted by molar-refractivity contribution is 6.21. The van der Waals surface area contributed by atoms with Gasteiger partial charge in [-0.3, -0.25) is 14.5 Å². The molecule has 2 aliphatic heterocycles. The Labute approximate surface area is 139 Å². The lowest BCUT2D eigenvalue weighted by molar-refractivity contribution is -0.115. The van der Waals surface area contributed by atoms with Crippen LogP contribution in [0, 0.1) is 11.3 Å². The van der Waals surface area contributed by atoms with Crippen LogP contribution in [-0.2, 0) is 17.9 Å². The van der Waals surface area contributed by atoms with E-state index in [0.29, 0.717) is 17.9 Å². The zero-order valence-corrected chi connectivity index (χ0v) is 13.2. The number of carbonyl (C=O) groups excluding carboxylic acids is 1. The number of aryl methyl sites for hydroxylation is 1. The summed E-state index contributed by atoms with van der Waals surface area (Å²) in [7, 11) is 0. The predicted molar refractivity (Wildman–Crippen MR) is 89.8 cm³/mol. The second-order valence-corrected chi connectivity index (χ2v) is 5.93. The summed E-state index contributed by atoms with van der Waals surface area (Å²) in [6.07, 6.45) is 2.99. The van der Waals surface area contributed by atoms with Crippen molar-refractivity contribution in [1.29, 1.82) is 5.26 Å². The van der Waals surface area contributed by atoms with Gasteiger partial charge in [-0.15, -0.1) is 0 Å². The monoisotopic (exact) mass is 320 g/mol. The summed E-state index contributed by atoms with van der Waals surface area (Å²) >= 11 is 0. The Kier molecular flexibility index (Phi) is 3.31. The van der Waals surface area contributed by atoms with Gasteiger partial charge >= 0.3 is 0 Å². The van der Waals surface area contributed by atoms with E-state index in [9.17, 15) is 4.79 Å². The van der Waals surface area contributed by atoms with Gasteiger partial charge in [0.15, 0.2) is 5.82 Å². The highest BCUT2D eigenvalue weighted by Crippen LogP contribution is 2.35. The van der Waals surface area contributed by atoms with Gasteiger partial charge in [-0.05, 0) is 30.2 Å². The second-order valence-electron chi connectivity index (χ2n) is 5.93. The molecule has 24 heavy (non-hydrogen) atoms. The van der Waals surface area contributed by atoms with Gasteiger partial charge in [0, 0.05) is 24.0 Å². The number of nitrogens with zero attached hydrogens (tertiary/aromatic N) is 4. The summed E-state index contributed by atoms with van der Waals surface area (Å²) in [5.74, 6) is 0.669. The Balaban J connectivity index is 1.66. The van der Waals surface area contributed by atoms with Gasteiger partial charge in [0.1, 0.15) is 11.8 Å². The minimum atomic E-state index is -0.530. The van der Waals surface area contributed by atoms with E-state index in [4.69, 9.17) is 5.26 Å². The molecule has 1 amide bonds. The minimum Gasteiger partial charge on any atom is -0.326 e. The van der Waals surface area contributed by atoms with Gasteiger partial charge in [-0.1, -0.05) is 6.92 Å². The van der Waals surface area contributed by atoms with Crippen LogP contribution in [0.2, 0.25) is 0 Å². The van der Waals surface area contributed by atoms with E-state index in [-0.39, 0.29) is 5.91 Å². The smallest absolute Gasteiger partial charge is 0.239 e. The molecule has 3 heterocycles. The summed E-state index contributed by atoms with van der Waals surface area (Å²) in [4.78, 5) is 16.9. The standard InChI is InChI=1S/C17H16N6O/c1-2-5-23-9-11-8-19-16(21-15(11)22-23)14-12-6-10(7-18)3-4-13(12)20-17(14)24/h3-4,6,9,14H,2,5,8H2,1H3,(H,20,24)(H,19,21,22). The molecule has 7 heteroatoms. The minimum absolute atomic E-state index is 0.136. The number of carbonyl (C=O) groups is 1. The predicted octanol–water partition coefficient (Wildman–Crippen LogP) is 2.22. The van der Waals surface area contributed by atoms with Crippen molar-refractivity contribution in [1.82, 2.24) is 9.78 Å². The van der Waals surface area contributed by atoms with Gasteiger partial charge in [0.25, 0.3) is 0 Å². The molecule has 120 valence electrons. The number of rotatable bonds is 3. The fourth-order valence-corrected chi connectivity index (χ4v) is 3.12. The van der Waals surface area contributed by atoms with Gasteiger partial charge < -0.3 is 10.6 Å². The number of nitriles is 1. The fraction of sp³-hybridized carbons (Fsp3) is 0.294. The summed E-state index contributed by atoms with van der Waals surface area (Å²) in [6.45, 7) is 3.45. The van der Waals surface area contributed by atoms with E-state index in [1.54, 1.807) is 18.2 Å². The quantitative estimate of drug-likeness (QED) is 0.906. The van der Waals surface area contributed by atoms with Crippen molar-refractivity contribution in [3.8, 4) is 6.07 Å². The van der Waals surface area contributed by atoms with Gasteiger partial charge in [0.05, 0.1) is 18.2 Å². The van der Waals surface area contributed by atoms with Crippen molar-refractivity contribution in [2.45, 2.75) is 32.4 Å². The van der Waals surface area contributed by atoms with Crippen molar-refractivity contribution in [3.63, 3.8) is 0 Å². The summed E-state index contributed by atoms with van der Waals surface area (Å²) in [5.41, 5.74) is 3.06. The van der Waals surface area contributed by atoms with Gasteiger partial charge in [-0.25, -0.2) is 0 Å². The van der Waals surface area contributed by atoms with Crippen LogP contribution in [0.4, 0.5) is 11.5 Å². The van der Waals surface area contributed by atoms with Crippen LogP contribution >= 0.6 is 0 Å². The maximum atomic E-state index is 12.4. The average molecular weight is 320 g/mol. The normalized spacial score (nSPS) is 18.1. The number of nitrogens with one attached hydrogen (secondary N) is 2. The second kappa shape index (κ2) is 5.49. The van der Waals surface area contributed by atoms with E-state index in [2.05, 4.69) is 33.7 Å². The molecule has 1 unspecified atom stereocenters. The topological polar surface area (TPSA) is 95.1 Å². The van der Waals surface area contributed by atoms with E-state index in [1.165, 1.54) is 0 Å². The largest absolute Gasteiger partial charge is 0.326 e. The first kappa shape index (κ1) is 14.5. The lowest BCUT2D eigenvalue weighted by Crippen LogP contribution is -2.29. The average Bonchev–Trinajstić information content (AvgIpc) is 3.12. The van der Waals surface area contributed by atoms with E-state index < -0.39 is 5.92 Å². The lowest BCUT2D eigenvalue weighted by Gasteiger charge is -2.18. The van der Waals surface area contributed by atoms with Crippen LogP contribution in [0.3, 0.4) is 0 Å². The molecule has 4 rings (SSSR count). The molecule has 0 aliphatic carbocycles. The number of hydrogen-bond donors (Lipinski definition) is 2. The molecule has 0 spiro atoms. The summed E-state index contributed by atoms with van der Waals surface area (Å²) in [5, 5.41) is 19.7. The first-order chi connectivity index (χ1) is 11.7. The molecule has 0 bridgehead atoms. The number of anilines is 2. The fourth-order valence-electron chi connectivity index (χ4n) is 3.12. The molecule has 1 aromatic carbocycles. The van der Waals surface area contributed by atoms with Crippen LogP contribution < -0.4 is 10.6 Å². The Morgan fingerprint density at radius 2 is 2.29 bits per heavy atom. The third kappa shape index (κ3) is 2.24. The third-order valence-electron chi connectivity index (χ3n) is 4.24. The molecular formula is C17H16N6O. The first-order valence-electron chi connectivity index (χ1n) is 7.92. The van der Waals surface area contributed by atoms with E-state index in [0.717, 1.165) is 35.6 Å². The third-order valence-corrected chi connectivity index (χ3v) is 4.24. The van der Waals surface area contributed by atoms with Crippen LogP contribution in [0.25, 0.3) is 0 Å². The van der Waals surface area contributed by atoms with Crippen molar-refractivity contribution in [3.05, 3.63) is 41.1 Å². The van der Waals surface area contributed by atoms with E-state index in [1.807, 2.05) is 10.9 Å².